The van der Waals surface area contributed by atoms with Gasteiger partial charge in [0.25, 0.3) is 0 Å². The van der Waals surface area contributed by atoms with E-state index >= 15 is 0 Å². The highest BCUT2D eigenvalue weighted by molar-refractivity contribution is 7.18. The van der Waals surface area contributed by atoms with Crippen LogP contribution < -0.4 is 5.73 Å². The predicted molar refractivity (Wildman–Crippen MR) is 53.4 cm³/mol. The Morgan fingerprint density at radius 2 is 2.43 bits per heavy atom. The summed E-state index contributed by atoms with van der Waals surface area (Å²) in [6.07, 6.45) is 1.68. The van der Waals surface area contributed by atoms with Crippen molar-refractivity contribution in [2.24, 2.45) is 7.05 Å². The van der Waals surface area contributed by atoms with Crippen LogP contribution in [0.3, 0.4) is 0 Å². The molecule has 0 bridgehead atoms. The molecule has 0 fully saturated rings. The number of nitriles is 1. The van der Waals surface area contributed by atoms with Crippen LogP contribution in [0.25, 0.3) is 10.6 Å². The third kappa shape index (κ3) is 1.34. The summed E-state index contributed by atoms with van der Waals surface area (Å²) < 4.78 is 1.64. The van der Waals surface area contributed by atoms with Crippen molar-refractivity contribution >= 4 is 16.5 Å². The molecular weight excluding hydrogens is 198 g/mol. The Hall–Kier alpha value is -1.87. The predicted octanol–water partition coefficient (Wildman–Crippen LogP) is 0.997. The number of aromatic nitrogens is 3. The van der Waals surface area contributed by atoms with Crippen LogP contribution in [0.4, 0.5) is 5.13 Å². The van der Waals surface area contributed by atoms with E-state index in [0.717, 1.165) is 10.6 Å². The Balaban J connectivity index is 2.52. The quantitative estimate of drug-likeness (QED) is 0.753. The third-order valence-electron chi connectivity index (χ3n) is 1.77. The summed E-state index contributed by atoms with van der Waals surface area (Å²) in [4.78, 5) is 4.86. The fraction of sp³-hybridized carbons (Fsp3) is 0.125. The molecule has 6 heteroatoms. The molecule has 0 saturated carbocycles. The van der Waals surface area contributed by atoms with Gasteiger partial charge in [-0.25, -0.2) is 4.98 Å². The summed E-state index contributed by atoms with van der Waals surface area (Å²) in [6, 6.07) is 3.70. The molecule has 2 rings (SSSR count). The molecule has 2 N–H and O–H groups in total. The molecule has 14 heavy (non-hydrogen) atoms. The number of rotatable bonds is 1. The van der Waals surface area contributed by atoms with Gasteiger partial charge in [-0.05, 0) is 0 Å². The molecular formula is C8H7N5S. The summed E-state index contributed by atoms with van der Waals surface area (Å²) in [7, 11) is 1.78. The maximum atomic E-state index is 8.66. The lowest BCUT2D eigenvalue weighted by molar-refractivity contribution is 0.772. The molecule has 2 heterocycles. The van der Waals surface area contributed by atoms with Crippen LogP contribution in [0.15, 0.2) is 12.3 Å². The van der Waals surface area contributed by atoms with E-state index in [-0.39, 0.29) is 0 Å². The maximum absolute atomic E-state index is 8.66. The first kappa shape index (κ1) is 8.72. The number of thiazole rings is 1. The lowest BCUT2D eigenvalue weighted by Gasteiger charge is -1.94. The molecule has 0 unspecified atom stereocenters. The first-order valence-corrected chi connectivity index (χ1v) is 4.68. The third-order valence-corrected chi connectivity index (χ3v) is 2.62. The van der Waals surface area contributed by atoms with Gasteiger partial charge in [0.15, 0.2) is 10.8 Å². The number of hydrogen-bond acceptors (Lipinski definition) is 5. The van der Waals surface area contributed by atoms with E-state index in [4.69, 9.17) is 11.0 Å². The van der Waals surface area contributed by atoms with Crippen molar-refractivity contribution in [2.45, 2.75) is 0 Å². The molecule has 0 aliphatic rings. The van der Waals surface area contributed by atoms with Gasteiger partial charge in [0.05, 0.1) is 10.6 Å². The SMILES string of the molecule is Cn1nc(C#N)cc1-c1cnc(N)s1. The second-order valence-corrected chi connectivity index (χ2v) is 3.78. The van der Waals surface area contributed by atoms with Crippen molar-refractivity contribution in [2.75, 3.05) is 5.73 Å². The molecule has 2 aromatic rings. The van der Waals surface area contributed by atoms with E-state index in [1.54, 1.807) is 24.0 Å². The van der Waals surface area contributed by atoms with Crippen LogP contribution in [0.5, 0.6) is 0 Å². The number of nitrogens with two attached hydrogens (primary N) is 1. The van der Waals surface area contributed by atoms with Crippen molar-refractivity contribution < 1.29 is 0 Å². The number of nitrogens with zero attached hydrogens (tertiary/aromatic N) is 4. The van der Waals surface area contributed by atoms with E-state index in [2.05, 4.69) is 10.1 Å². The standard InChI is InChI=1S/C8H7N5S/c1-13-6(2-5(3-9)12-13)7-4-11-8(10)14-7/h2,4H,1H3,(H2,10,11). The number of hydrogen-bond donors (Lipinski definition) is 1. The molecule has 0 atom stereocenters. The van der Waals surface area contributed by atoms with Crippen molar-refractivity contribution in [3.8, 4) is 16.6 Å². The minimum absolute atomic E-state index is 0.398. The normalized spacial score (nSPS) is 10.0. The highest BCUT2D eigenvalue weighted by atomic mass is 32.1. The summed E-state index contributed by atoms with van der Waals surface area (Å²) in [5.74, 6) is 0. The van der Waals surface area contributed by atoms with Gasteiger partial charge in [-0.2, -0.15) is 10.4 Å². The first-order chi connectivity index (χ1) is 6.70. The molecule has 0 spiro atoms. The largest absolute Gasteiger partial charge is 0.375 e. The zero-order valence-electron chi connectivity index (χ0n) is 7.43. The average Bonchev–Trinajstić information content (AvgIpc) is 2.71. The smallest absolute Gasteiger partial charge is 0.180 e. The van der Waals surface area contributed by atoms with Crippen molar-refractivity contribution in [3.05, 3.63) is 18.0 Å². The topological polar surface area (TPSA) is 80.5 Å². The van der Waals surface area contributed by atoms with Crippen LogP contribution in [0.1, 0.15) is 5.69 Å². The highest BCUT2D eigenvalue weighted by Crippen LogP contribution is 2.27. The Bertz CT molecular complexity index is 504. The summed E-state index contributed by atoms with van der Waals surface area (Å²) in [6.45, 7) is 0. The molecule has 0 aliphatic heterocycles. The fourth-order valence-electron chi connectivity index (χ4n) is 1.16. The second-order valence-electron chi connectivity index (χ2n) is 2.71. The molecule has 0 aromatic carbocycles. The molecule has 0 radical (unpaired) electrons. The van der Waals surface area contributed by atoms with Gasteiger partial charge in [-0.15, -0.1) is 0 Å². The fourth-order valence-corrected chi connectivity index (χ4v) is 1.89. The Labute approximate surface area is 84.4 Å². The van der Waals surface area contributed by atoms with Gasteiger partial charge in [0.1, 0.15) is 6.07 Å². The second kappa shape index (κ2) is 3.12. The van der Waals surface area contributed by atoms with Gasteiger partial charge in [-0.3, -0.25) is 4.68 Å². The number of nitrogen functional groups attached to an aromatic ring is 1. The Kier molecular flexibility index (Phi) is 1.94. The van der Waals surface area contributed by atoms with Crippen LogP contribution in [0.2, 0.25) is 0 Å². The summed E-state index contributed by atoms with van der Waals surface area (Å²) in [5.41, 5.74) is 6.77. The van der Waals surface area contributed by atoms with Crippen molar-refractivity contribution in [1.29, 1.82) is 5.26 Å². The van der Waals surface area contributed by atoms with Gasteiger partial charge in [0, 0.05) is 19.3 Å². The zero-order valence-corrected chi connectivity index (χ0v) is 8.25. The molecule has 2 aromatic heterocycles. The van der Waals surface area contributed by atoms with E-state index in [9.17, 15) is 0 Å². The highest BCUT2D eigenvalue weighted by Gasteiger charge is 2.09. The number of aryl methyl sites for hydroxylation is 1. The van der Waals surface area contributed by atoms with E-state index in [0.29, 0.717) is 10.8 Å². The van der Waals surface area contributed by atoms with Gasteiger partial charge >= 0.3 is 0 Å². The van der Waals surface area contributed by atoms with Gasteiger partial charge in [0.2, 0.25) is 0 Å². The molecule has 70 valence electrons. The Morgan fingerprint density at radius 1 is 1.64 bits per heavy atom. The zero-order chi connectivity index (χ0) is 10.1. The molecule has 0 amide bonds. The average molecular weight is 205 g/mol. The summed E-state index contributed by atoms with van der Waals surface area (Å²) in [5, 5.41) is 13.2. The Morgan fingerprint density at radius 3 is 2.93 bits per heavy atom. The van der Waals surface area contributed by atoms with Crippen LogP contribution in [-0.4, -0.2) is 14.8 Å². The van der Waals surface area contributed by atoms with Crippen molar-refractivity contribution in [1.82, 2.24) is 14.8 Å². The van der Waals surface area contributed by atoms with E-state index < -0.39 is 0 Å². The molecule has 0 aliphatic carbocycles. The lowest BCUT2D eigenvalue weighted by atomic mass is 10.3. The monoisotopic (exact) mass is 205 g/mol. The number of anilines is 1. The van der Waals surface area contributed by atoms with Crippen LogP contribution in [0, 0.1) is 11.3 Å². The summed E-state index contributed by atoms with van der Waals surface area (Å²) >= 11 is 1.38. The van der Waals surface area contributed by atoms with Gasteiger partial charge in [-0.1, -0.05) is 11.3 Å². The minimum Gasteiger partial charge on any atom is -0.375 e. The first-order valence-electron chi connectivity index (χ1n) is 3.86. The van der Waals surface area contributed by atoms with E-state index in [1.807, 2.05) is 6.07 Å². The van der Waals surface area contributed by atoms with Crippen LogP contribution in [-0.2, 0) is 7.05 Å². The lowest BCUT2D eigenvalue weighted by Crippen LogP contribution is -1.92. The maximum Gasteiger partial charge on any atom is 0.180 e. The van der Waals surface area contributed by atoms with Crippen molar-refractivity contribution in [3.63, 3.8) is 0 Å². The van der Waals surface area contributed by atoms with Gasteiger partial charge < -0.3 is 5.73 Å². The molecule has 0 saturated heterocycles. The minimum atomic E-state index is 0.398. The van der Waals surface area contributed by atoms with E-state index in [1.165, 1.54) is 11.3 Å². The van der Waals surface area contributed by atoms with Crippen LogP contribution >= 0.6 is 11.3 Å². The molecule has 5 nitrogen and oxygen atoms in total.